The molecule has 0 unspecified atom stereocenters. The van der Waals surface area contributed by atoms with E-state index in [1.54, 1.807) is 7.05 Å². The van der Waals surface area contributed by atoms with Crippen LogP contribution in [0.4, 0.5) is 24.7 Å². The van der Waals surface area contributed by atoms with E-state index in [0.29, 0.717) is 18.2 Å². The van der Waals surface area contributed by atoms with Crippen LogP contribution in [0.25, 0.3) is 0 Å². The number of ether oxygens (including phenoxy) is 1. The Labute approximate surface area is 163 Å². The lowest BCUT2D eigenvalue weighted by Gasteiger charge is -2.25. The summed E-state index contributed by atoms with van der Waals surface area (Å²) in [6, 6.07) is 7.71. The van der Waals surface area contributed by atoms with Gasteiger partial charge in [-0.3, -0.25) is 0 Å². The van der Waals surface area contributed by atoms with Gasteiger partial charge in [-0.1, -0.05) is 38.3 Å². The van der Waals surface area contributed by atoms with E-state index < -0.39 is 11.7 Å². The summed E-state index contributed by atoms with van der Waals surface area (Å²) in [7, 11) is 1.58. The topological polar surface area (TPSA) is 38.2 Å². The number of alkyl halides is 3. The average Bonchev–Trinajstić information content (AvgIpc) is 2.71. The molecule has 0 aliphatic heterocycles. The SMILES string of the molecule is CCCOc1ncc(C(F)(F)F)c(N(C)c2ccc(C3CCCCC3)cc2)n1. The summed E-state index contributed by atoms with van der Waals surface area (Å²) in [5.41, 5.74) is 1.02. The molecule has 28 heavy (non-hydrogen) atoms. The number of rotatable bonds is 6. The van der Waals surface area contributed by atoms with Crippen molar-refractivity contribution in [3.05, 3.63) is 41.6 Å². The zero-order valence-electron chi connectivity index (χ0n) is 16.3. The minimum absolute atomic E-state index is 0.0458. The van der Waals surface area contributed by atoms with Crippen LogP contribution in [-0.2, 0) is 6.18 Å². The highest BCUT2D eigenvalue weighted by molar-refractivity contribution is 5.63. The average molecular weight is 393 g/mol. The maximum atomic E-state index is 13.5. The van der Waals surface area contributed by atoms with Gasteiger partial charge in [-0.05, 0) is 42.9 Å². The second-order valence-electron chi connectivity index (χ2n) is 7.22. The zero-order valence-corrected chi connectivity index (χ0v) is 16.3. The molecule has 1 aromatic carbocycles. The highest BCUT2D eigenvalue weighted by atomic mass is 19.4. The fourth-order valence-electron chi connectivity index (χ4n) is 3.60. The smallest absolute Gasteiger partial charge is 0.421 e. The van der Waals surface area contributed by atoms with Crippen LogP contribution >= 0.6 is 0 Å². The molecule has 1 fully saturated rings. The Morgan fingerprint density at radius 2 is 1.79 bits per heavy atom. The lowest BCUT2D eigenvalue weighted by molar-refractivity contribution is -0.137. The molecule has 3 rings (SSSR count). The normalized spacial score (nSPS) is 15.5. The van der Waals surface area contributed by atoms with Crippen LogP contribution in [0.3, 0.4) is 0 Å². The van der Waals surface area contributed by atoms with Crippen molar-refractivity contribution in [3.63, 3.8) is 0 Å². The Bertz CT molecular complexity index is 771. The Balaban J connectivity index is 1.88. The molecule has 0 atom stereocenters. The number of anilines is 2. The summed E-state index contributed by atoms with van der Waals surface area (Å²) >= 11 is 0. The fourth-order valence-corrected chi connectivity index (χ4v) is 3.60. The fraction of sp³-hybridized carbons (Fsp3) is 0.524. The first-order chi connectivity index (χ1) is 13.4. The second-order valence-corrected chi connectivity index (χ2v) is 7.22. The third kappa shape index (κ3) is 4.75. The highest BCUT2D eigenvalue weighted by Gasteiger charge is 2.36. The molecule has 1 aromatic heterocycles. The van der Waals surface area contributed by atoms with Gasteiger partial charge in [0.1, 0.15) is 5.56 Å². The van der Waals surface area contributed by atoms with Gasteiger partial charge in [-0.25, -0.2) is 4.98 Å². The van der Waals surface area contributed by atoms with Crippen molar-refractivity contribution in [1.82, 2.24) is 9.97 Å². The summed E-state index contributed by atoms with van der Waals surface area (Å²) in [6.07, 6.45) is 3.08. The molecular formula is C21H26F3N3O. The summed E-state index contributed by atoms with van der Waals surface area (Å²) in [6.45, 7) is 2.26. The van der Waals surface area contributed by atoms with Crippen LogP contribution in [0.5, 0.6) is 6.01 Å². The van der Waals surface area contributed by atoms with E-state index >= 15 is 0 Å². The predicted octanol–water partition coefficient (Wildman–Crippen LogP) is 6.10. The maximum Gasteiger partial charge on any atom is 0.421 e. The zero-order chi connectivity index (χ0) is 20.1. The van der Waals surface area contributed by atoms with Gasteiger partial charge in [-0.15, -0.1) is 0 Å². The molecule has 7 heteroatoms. The molecule has 1 aliphatic rings. The number of nitrogens with zero attached hydrogens (tertiary/aromatic N) is 3. The van der Waals surface area contributed by atoms with Gasteiger partial charge in [0.2, 0.25) is 0 Å². The summed E-state index contributed by atoms with van der Waals surface area (Å²) in [5.74, 6) is 0.339. The van der Waals surface area contributed by atoms with Gasteiger partial charge in [0.25, 0.3) is 0 Å². The largest absolute Gasteiger partial charge is 0.463 e. The molecule has 1 heterocycles. The molecule has 0 amide bonds. The molecule has 1 saturated carbocycles. The van der Waals surface area contributed by atoms with Crippen molar-refractivity contribution in [3.8, 4) is 6.01 Å². The van der Waals surface area contributed by atoms with Crippen LogP contribution in [-0.4, -0.2) is 23.6 Å². The summed E-state index contributed by atoms with van der Waals surface area (Å²) in [4.78, 5) is 9.19. The van der Waals surface area contributed by atoms with Crippen molar-refractivity contribution in [2.24, 2.45) is 0 Å². The Morgan fingerprint density at radius 1 is 1.11 bits per heavy atom. The highest BCUT2D eigenvalue weighted by Crippen LogP contribution is 2.38. The first kappa shape index (κ1) is 20.4. The molecule has 0 spiro atoms. The Morgan fingerprint density at radius 3 is 2.39 bits per heavy atom. The van der Waals surface area contributed by atoms with E-state index in [0.717, 1.165) is 12.6 Å². The van der Waals surface area contributed by atoms with Crippen LogP contribution < -0.4 is 9.64 Å². The molecule has 0 N–H and O–H groups in total. The minimum Gasteiger partial charge on any atom is -0.463 e. The van der Waals surface area contributed by atoms with Crippen molar-refractivity contribution < 1.29 is 17.9 Å². The minimum atomic E-state index is -4.55. The predicted molar refractivity (Wildman–Crippen MR) is 103 cm³/mol. The Kier molecular flexibility index (Phi) is 6.42. The molecule has 0 radical (unpaired) electrons. The van der Waals surface area contributed by atoms with Crippen molar-refractivity contribution >= 4 is 11.5 Å². The number of benzene rings is 1. The molecule has 0 saturated heterocycles. The van der Waals surface area contributed by atoms with Gasteiger partial charge in [0.15, 0.2) is 5.82 Å². The molecule has 152 valence electrons. The monoisotopic (exact) mass is 393 g/mol. The second kappa shape index (κ2) is 8.80. The van der Waals surface area contributed by atoms with E-state index in [-0.39, 0.29) is 11.8 Å². The number of hydrogen-bond acceptors (Lipinski definition) is 4. The van der Waals surface area contributed by atoms with Crippen LogP contribution in [0.1, 0.15) is 62.5 Å². The van der Waals surface area contributed by atoms with Crippen molar-refractivity contribution in [2.45, 2.75) is 57.5 Å². The third-order valence-corrected chi connectivity index (χ3v) is 5.16. The number of hydrogen-bond donors (Lipinski definition) is 0. The number of aromatic nitrogens is 2. The van der Waals surface area contributed by atoms with Gasteiger partial charge < -0.3 is 9.64 Å². The van der Waals surface area contributed by atoms with Gasteiger partial charge in [0, 0.05) is 18.9 Å². The molecule has 1 aliphatic carbocycles. The number of halogens is 3. The van der Waals surface area contributed by atoms with Crippen molar-refractivity contribution in [1.29, 1.82) is 0 Å². The first-order valence-electron chi connectivity index (χ1n) is 9.81. The van der Waals surface area contributed by atoms with E-state index in [9.17, 15) is 13.2 Å². The lowest BCUT2D eigenvalue weighted by atomic mass is 9.84. The molecule has 2 aromatic rings. The first-order valence-corrected chi connectivity index (χ1v) is 9.81. The van der Waals surface area contributed by atoms with Crippen molar-refractivity contribution in [2.75, 3.05) is 18.6 Å². The standard InChI is InChI=1S/C21H26F3N3O/c1-3-13-28-20-25-14-18(21(22,23)24)19(26-20)27(2)17-11-9-16(10-12-17)15-7-5-4-6-8-15/h9-12,14-15H,3-8,13H2,1-2H3. The third-order valence-electron chi connectivity index (χ3n) is 5.16. The molecule has 0 bridgehead atoms. The summed E-state index contributed by atoms with van der Waals surface area (Å²) < 4.78 is 45.7. The van der Waals surface area contributed by atoms with Gasteiger partial charge >= 0.3 is 12.2 Å². The van der Waals surface area contributed by atoms with E-state index in [2.05, 4.69) is 9.97 Å². The lowest BCUT2D eigenvalue weighted by Crippen LogP contribution is -2.19. The quantitative estimate of drug-likeness (QED) is 0.594. The van der Waals surface area contributed by atoms with E-state index in [1.807, 2.05) is 31.2 Å². The summed E-state index contributed by atoms with van der Waals surface area (Å²) in [5, 5.41) is 0. The molecule has 4 nitrogen and oxygen atoms in total. The van der Waals surface area contributed by atoms with E-state index in [1.165, 1.54) is 42.6 Å². The van der Waals surface area contributed by atoms with Gasteiger partial charge in [0.05, 0.1) is 6.61 Å². The maximum absolute atomic E-state index is 13.5. The van der Waals surface area contributed by atoms with E-state index in [4.69, 9.17) is 4.74 Å². The Hall–Kier alpha value is -2.31. The molecular weight excluding hydrogens is 367 g/mol. The van der Waals surface area contributed by atoms with Crippen LogP contribution in [0, 0.1) is 0 Å². The van der Waals surface area contributed by atoms with Crippen LogP contribution in [0.15, 0.2) is 30.5 Å². The van der Waals surface area contributed by atoms with Gasteiger partial charge in [-0.2, -0.15) is 18.2 Å². The van der Waals surface area contributed by atoms with Crippen LogP contribution in [0.2, 0.25) is 0 Å².